The first-order chi connectivity index (χ1) is 40.7. The lowest BCUT2D eigenvalue weighted by Crippen LogP contribution is -2.55. The van der Waals surface area contributed by atoms with Gasteiger partial charge in [0.1, 0.15) is 0 Å². The highest BCUT2D eigenvalue weighted by Crippen LogP contribution is 2.73. The average Bonchev–Trinajstić information content (AvgIpc) is 0.672. The second kappa shape index (κ2) is 18.0. The summed E-state index contributed by atoms with van der Waals surface area (Å²) in [5, 5.41) is 5.53. The molecule has 6 atom stereocenters. The van der Waals surface area contributed by atoms with Crippen LogP contribution >= 0.6 is 0 Å². The molecule has 11 aliphatic rings. The van der Waals surface area contributed by atoms with Gasteiger partial charge >= 0.3 is 0 Å². The van der Waals surface area contributed by atoms with Crippen molar-refractivity contribution in [3.8, 4) is 0 Å². The predicted molar refractivity (Wildman–Crippen MR) is 380 cm³/mol. The van der Waals surface area contributed by atoms with E-state index in [-0.39, 0.29) is 66.0 Å². The normalized spacial score (nSPS) is 28.4. The maximum atomic E-state index is 2.75. The van der Waals surface area contributed by atoms with E-state index in [1.54, 1.807) is 0 Å². The highest BCUT2D eigenvalue weighted by atomic mass is 14.6. The van der Waals surface area contributed by atoms with Gasteiger partial charge in [0, 0.05) is 33.5 Å². The Morgan fingerprint density at radius 2 is 0.659 bits per heavy atom. The monoisotopic (exact) mass is 1150 g/mol. The predicted octanol–water partition coefficient (Wildman–Crippen LogP) is 20.6. The number of hydrogen-bond donors (Lipinski definition) is 0. The third kappa shape index (κ3) is 7.87. The topological polar surface area (TPSA) is 0 Å². The summed E-state index contributed by atoms with van der Waals surface area (Å²) in [6, 6.07) is 22.3. The van der Waals surface area contributed by atoms with Crippen molar-refractivity contribution >= 4 is 50.2 Å². The van der Waals surface area contributed by atoms with Crippen LogP contribution < -0.4 is 20.9 Å². The Bertz CT molecular complexity index is 4600. The van der Waals surface area contributed by atoms with Crippen molar-refractivity contribution in [3.05, 3.63) is 250 Å². The third-order valence-corrected chi connectivity index (χ3v) is 24.0. The summed E-state index contributed by atoms with van der Waals surface area (Å²) in [5.41, 5.74) is 31.8. The van der Waals surface area contributed by atoms with Gasteiger partial charge in [-0.05, 0) is 217 Å². The Morgan fingerprint density at radius 1 is 0.307 bits per heavy atom. The smallest absolute Gasteiger partial charge is 0.0321 e. The minimum Gasteiger partial charge on any atom is -0.0622 e. The molecule has 88 heavy (non-hydrogen) atoms. The van der Waals surface area contributed by atoms with Gasteiger partial charge in [-0.1, -0.05) is 282 Å². The number of hydrogen-bond acceptors (Lipinski definition) is 0. The average molecular weight is 1160 g/mol. The quantitative estimate of drug-likeness (QED) is 0.228. The van der Waals surface area contributed by atoms with Crippen LogP contribution in [0.25, 0.3) is 50.2 Å². The Morgan fingerprint density at radius 3 is 1.07 bits per heavy atom. The lowest BCUT2D eigenvalue weighted by molar-refractivity contribution is 0.298. The van der Waals surface area contributed by atoms with Crippen molar-refractivity contribution in [2.24, 2.45) is 66.0 Å². The SMILES string of the molecule is C[C@H]1C2=CC(C(C)(C)C)=CC1=c1cc3c(cc1=C1C=C(C(C)(C)C)C=C(c4cc5c(cc42)=C2C=C(C(C)(C)C)C=C4C=CC6=CC(C(C)(C)C)=CC=5[C@]6(C)[C@]42C)[C@@H]1C)C1=CC(C(C)(C)C)=CC2=C(c4ccccc4)C=C4C=C(C(C)(C)C)C=C3[C@@]4(C)[C@]12C. The van der Waals surface area contributed by atoms with E-state index in [2.05, 4.69) is 312 Å². The highest BCUT2D eigenvalue weighted by Gasteiger charge is 2.62. The maximum absolute atomic E-state index is 2.75. The largest absolute Gasteiger partial charge is 0.0622 e. The van der Waals surface area contributed by atoms with Crippen molar-refractivity contribution in [1.29, 1.82) is 0 Å². The molecular formula is C88H98. The Balaban J connectivity index is 1.17. The van der Waals surface area contributed by atoms with E-state index in [0.717, 1.165) is 0 Å². The van der Waals surface area contributed by atoms with Crippen LogP contribution in [-0.2, 0) is 0 Å². The van der Waals surface area contributed by atoms with Gasteiger partial charge in [0.25, 0.3) is 0 Å². The summed E-state index contributed by atoms with van der Waals surface area (Å²) >= 11 is 0. The van der Waals surface area contributed by atoms with Crippen molar-refractivity contribution in [3.63, 3.8) is 0 Å². The molecule has 0 amide bonds. The minimum atomic E-state index is -0.386. The molecule has 0 unspecified atom stereocenters. The van der Waals surface area contributed by atoms with Crippen molar-refractivity contribution < 1.29 is 0 Å². The molecule has 0 radical (unpaired) electrons. The molecule has 0 nitrogen and oxygen atoms in total. The minimum absolute atomic E-state index is 0.0398. The van der Waals surface area contributed by atoms with Gasteiger partial charge in [-0.25, -0.2) is 0 Å². The molecule has 0 fully saturated rings. The van der Waals surface area contributed by atoms with Crippen LogP contribution in [0, 0.1) is 66.0 Å². The van der Waals surface area contributed by atoms with Gasteiger partial charge in [0.2, 0.25) is 0 Å². The second-order valence-corrected chi connectivity index (χ2v) is 35.3. The third-order valence-electron chi connectivity index (χ3n) is 24.0. The molecule has 0 N–H and O–H groups in total. The van der Waals surface area contributed by atoms with E-state index in [0.29, 0.717) is 0 Å². The van der Waals surface area contributed by atoms with Crippen LogP contribution in [0.1, 0.15) is 194 Å². The zero-order chi connectivity index (χ0) is 63.3. The summed E-state index contributed by atoms with van der Waals surface area (Å²) in [7, 11) is 0. The summed E-state index contributed by atoms with van der Waals surface area (Å²) in [6.45, 7) is 59.0. The zero-order valence-corrected chi connectivity index (χ0v) is 58.0. The fourth-order valence-corrected chi connectivity index (χ4v) is 17.5. The van der Waals surface area contributed by atoms with Gasteiger partial charge in [0.05, 0.1) is 0 Å². The van der Waals surface area contributed by atoms with E-state index in [1.807, 2.05) is 0 Å². The van der Waals surface area contributed by atoms with Gasteiger partial charge in [-0.3, -0.25) is 0 Å². The van der Waals surface area contributed by atoms with E-state index < -0.39 is 0 Å². The van der Waals surface area contributed by atoms with Crippen molar-refractivity contribution in [2.45, 2.75) is 166 Å². The molecule has 3 aromatic carbocycles. The van der Waals surface area contributed by atoms with Gasteiger partial charge in [-0.2, -0.15) is 0 Å². The Hall–Kier alpha value is -6.76. The summed E-state index contributed by atoms with van der Waals surface area (Å²) in [5.74, 6) is 0.149. The Kier molecular flexibility index (Phi) is 12.1. The first kappa shape index (κ1) is 58.9. The van der Waals surface area contributed by atoms with Crippen LogP contribution in [0.3, 0.4) is 0 Å². The van der Waals surface area contributed by atoms with Crippen LogP contribution in [0.5, 0.6) is 0 Å². The molecule has 0 aromatic heterocycles. The van der Waals surface area contributed by atoms with Gasteiger partial charge in [0.15, 0.2) is 0 Å². The maximum Gasteiger partial charge on any atom is 0.0321 e. The zero-order valence-electron chi connectivity index (χ0n) is 58.0. The summed E-state index contributed by atoms with van der Waals surface area (Å²) in [4.78, 5) is 0. The second-order valence-electron chi connectivity index (χ2n) is 35.3. The molecule has 0 aliphatic heterocycles. The molecule has 0 heterocycles. The van der Waals surface area contributed by atoms with E-state index in [1.165, 1.54) is 155 Å². The molecule has 0 saturated carbocycles. The van der Waals surface area contributed by atoms with Crippen LogP contribution in [0.2, 0.25) is 0 Å². The molecule has 11 aliphatic carbocycles. The molecule has 0 saturated heterocycles. The van der Waals surface area contributed by atoms with Crippen molar-refractivity contribution in [1.82, 2.24) is 0 Å². The Labute approximate surface area is 529 Å². The molecule has 0 spiro atoms. The fraction of sp³-hybridized carbons (Fsp3) is 0.409. The molecule has 450 valence electrons. The van der Waals surface area contributed by atoms with Crippen LogP contribution in [0.15, 0.2) is 201 Å². The van der Waals surface area contributed by atoms with Gasteiger partial charge < -0.3 is 0 Å². The van der Waals surface area contributed by atoms with E-state index >= 15 is 0 Å². The first-order valence-corrected chi connectivity index (χ1v) is 33.4. The molecule has 14 rings (SSSR count). The van der Waals surface area contributed by atoms with Gasteiger partial charge in [-0.15, -0.1) is 0 Å². The number of benzene rings is 3. The molecule has 3 aromatic rings. The first-order valence-electron chi connectivity index (χ1n) is 33.4. The van der Waals surface area contributed by atoms with E-state index in [4.69, 9.17) is 0 Å². The summed E-state index contributed by atoms with van der Waals surface area (Å²) in [6.07, 6.45) is 39.1. The lowest BCUT2D eigenvalue weighted by Gasteiger charge is -2.60. The van der Waals surface area contributed by atoms with E-state index in [9.17, 15) is 0 Å². The molecule has 0 heteroatoms. The number of rotatable bonds is 1. The molecule has 4 bridgehead atoms. The lowest BCUT2D eigenvalue weighted by atomic mass is 9.42. The highest BCUT2D eigenvalue weighted by molar-refractivity contribution is 6.04. The number of fused-ring (bicyclic) bond motifs is 12. The molecular weight excluding hydrogens is 1060 g/mol. The number of allylic oxidation sites excluding steroid dienone is 30. The summed E-state index contributed by atoms with van der Waals surface area (Å²) < 4.78 is 0. The fourth-order valence-electron chi connectivity index (χ4n) is 17.5. The van der Waals surface area contributed by atoms with Crippen LogP contribution in [-0.4, -0.2) is 0 Å². The van der Waals surface area contributed by atoms with Crippen LogP contribution in [0.4, 0.5) is 0 Å². The standard InChI is InChI=1S/C88H98/c1-49-61-35-57(82(12,13)14)37-63(49)68-47-72-73(78-44-59(84(18,19)20)43-74-65(51-28-26-25-27-29-51)39-60-34-56(81(9,10)11)42-77(72)87(60,23)88(74,78)24)48-69(68)64-38-58(83(15,16)17)36-62(50(64)2)67-46-71-70(45-66(61)67)75-40-54(79(3,4)5)32-52-30-31-53-33-55(80(6,7)8)41-76(71)86(53,22)85(52,75)21/h25-50H,1-24H3/t49-,50-,85+,86+,87-,88-/m0/s1. The van der Waals surface area contributed by atoms with Crippen molar-refractivity contribution in [2.75, 3.05) is 0 Å².